The molecule has 0 N–H and O–H groups in total. The number of ether oxygens (including phenoxy) is 2. The third-order valence-electron chi connectivity index (χ3n) is 5.16. The van der Waals surface area contributed by atoms with E-state index in [1.54, 1.807) is 30.3 Å². The largest absolute Gasteiger partial charge is 0.439 e. The first-order valence-corrected chi connectivity index (χ1v) is 9.76. The Hall–Kier alpha value is -3.27. The van der Waals surface area contributed by atoms with E-state index in [1.807, 2.05) is 0 Å². The lowest BCUT2D eigenvalue weighted by Crippen LogP contribution is -2.36. The highest BCUT2D eigenvalue weighted by atomic mass is 19.4. The number of rotatable bonds is 5. The van der Waals surface area contributed by atoms with Crippen LogP contribution < -0.4 is 4.74 Å². The Labute approximate surface area is 180 Å². The van der Waals surface area contributed by atoms with E-state index in [4.69, 9.17) is 9.47 Å². The molecule has 1 fully saturated rings. The molecule has 0 saturated carbocycles. The van der Waals surface area contributed by atoms with Crippen molar-refractivity contribution in [1.29, 1.82) is 0 Å². The normalized spacial score (nSPS) is 18.8. The molecule has 32 heavy (non-hydrogen) atoms. The Morgan fingerprint density at radius 2 is 2.00 bits per heavy atom. The van der Waals surface area contributed by atoms with E-state index in [1.165, 1.54) is 12.0 Å². The molecule has 1 aliphatic rings. The number of benzene rings is 1. The number of halogens is 4. The molecule has 4 rings (SSSR count). The standard InChI is InChI=1S/C22H19F4N3O3/c1-31-13-21(23)8-9-29(12-21)20(30)18-5-2-14-10-16(4-6-17(14)28-18)32-19-7-3-15(11-27-19)22(24,25)26/h2-7,10-11H,8-9,12-13H2,1H3. The lowest BCUT2D eigenvalue weighted by molar-refractivity contribution is -0.137. The number of likely N-dealkylation sites (tertiary alicyclic amines) is 1. The highest BCUT2D eigenvalue weighted by molar-refractivity contribution is 5.95. The molecule has 0 aliphatic carbocycles. The van der Waals surface area contributed by atoms with Crippen molar-refractivity contribution in [3.8, 4) is 11.6 Å². The van der Waals surface area contributed by atoms with Crippen LogP contribution in [-0.4, -0.2) is 53.2 Å². The number of methoxy groups -OCH3 is 1. The van der Waals surface area contributed by atoms with E-state index in [0.717, 1.165) is 12.1 Å². The van der Waals surface area contributed by atoms with Crippen molar-refractivity contribution in [3.63, 3.8) is 0 Å². The van der Waals surface area contributed by atoms with Gasteiger partial charge >= 0.3 is 6.18 Å². The minimum absolute atomic E-state index is 0.0110. The number of hydrogen-bond donors (Lipinski definition) is 0. The summed E-state index contributed by atoms with van der Waals surface area (Å²) >= 11 is 0. The van der Waals surface area contributed by atoms with Crippen molar-refractivity contribution in [2.24, 2.45) is 0 Å². The second-order valence-corrected chi connectivity index (χ2v) is 7.60. The smallest absolute Gasteiger partial charge is 0.417 e. The number of carbonyl (C=O) groups excluding carboxylic acids is 1. The first-order valence-electron chi connectivity index (χ1n) is 9.76. The van der Waals surface area contributed by atoms with Crippen molar-refractivity contribution < 1.29 is 31.8 Å². The maximum atomic E-state index is 14.6. The zero-order valence-corrected chi connectivity index (χ0v) is 17.0. The SMILES string of the molecule is COCC1(F)CCN(C(=O)c2ccc3cc(Oc4ccc(C(F)(F)F)cn4)ccc3n2)C1. The summed E-state index contributed by atoms with van der Waals surface area (Å²) in [6, 6.07) is 10.1. The van der Waals surface area contributed by atoms with Crippen molar-refractivity contribution in [2.75, 3.05) is 26.8 Å². The highest BCUT2D eigenvalue weighted by Crippen LogP contribution is 2.31. The van der Waals surface area contributed by atoms with Crippen LogP contribution >= 0.6 is 0 Å². The summed E-state index contributed by atoms with van der Waals surface area (Å²) in [6.07, 6.45) is -3.56. The summed E-state index contributed by atoms with van der Waals surface area (Å²) in [7, 11) is 1.42. The fourth-order valence-electron chi connectivity index (χ4n) is 3.56. The molecule has 1 atom stereocenters. The number of aromatic nitrogens is 2. The van der Waals surface area contributed by atoms with Crippen molar-refractivity contribution in [2.45, 2.75) is 18.3 Å². The second kappa shape index (κ2) is 8.34. The molecule has 1 aromatic carbocycles. The van der Waals surface area contributed by atoms with Gasteiger partial charge in [-0.1, -0.05) is 6.07 Å². The van der Waals surface area contributed by atoms with Crippen LogP contribution in [0, 0.1) is 0 Å². The molecule has 3 heterocycles. The van der Waals surface area contributed by atoms with Crippen molar-refractivity contribution >= 4 is 16.8 Å². The Kier molecular flexibility index (Phi) is 5.72. The maximum absolute atomic E-state index is 14.6. The Morgan fingerprint density at radius 3 is 2.69 bits per heavy atom. The van der Waals surface area contributed by atoms with Gasteiger partial charge in [0.1, 0.15) is 11.4 Å². The van der Waals surface area contributed by atoms with Crippen molar-refractivity contribution in [1.82, 2.24) is 14.9 Å². The third-order valence-corrected chi connectivity index (χ3v) is 5.16. The zero-order valence-electron chi connectivity index (χ0n) is 17.0. The molecule has 1 amide bonds. The fourth-order valence-corrected chi connectivity index (χ4v) is 3.56. The number of alkyl halides is 4. The lowest BCUT2D eigenvalue weighted by atomic mass is 10.1. The second-order valence-electron chi connectivity index (χ2n) is 7.60. The van der Waals surface area contributed by atoms with Gasteiger partial charge in [0, 0.05) is 37.7 Å². The summed E-state index contributed by atoms with van der Waals surface area (Å²) in [5, 5.41) is 0.659. The van der Waals surface area contributed by atoms with Crippen LogP contribution in [0.2, 0.25) is 0 Å². The van der Waals surface area contributed by atoms with Gasteiger partial charge in [-0.15, -0.1) is 0 Å². The van der Waals surface area contributed by atoms with E-state index in [2.05, 4.69) is 9.97 Å². The summed E-state index contributed by atoms with van der Waals surface area (Å²) in [4.78, 5) is 22.2. The molecule has 1 saturated heterocycles. The van der Waals surface area contributed by atoms with Crippen LogP contribution in [0.1, 0.15) is 22.5 Å². The molecule has 0 spiro atoms. The summed E-state index contributed by atoms with van der Waals surface area (Å²) in [5.74, 6) is 0.000621. The van der Waals surface area contributed by atoms with Gasteiger partial charge in [0.05, 0.1) is 24.2 Å². The molecule has 10 heteroatoms. The van der Waals surface area contributed by atoms with Crippen molar-refractivity contribution in [3.05, 3.63) is 59.9 Å². The lowest BCUT2D eigenvalue weighted by Gasteiger charge is -2.20. The van der Waals surface area contributed by atoms with Gasteiger partial charge in [0.25, 0.3) is 5.91 Å². The van der Waals surface area contributed by atoms with Gasteiger partial charge < -0.3 is 14.4 Å². The molecular formula is C22H19F4N3O3. The number of pyridine rings is 2. The van der Waals surface area contributed by atoms with E-state index in [-0.39, 0.29) is 43.6 Å². The highest BCUT2D eigenvalue weighted by Gasteiger charge is 2.40. The summed E-state index contributed by atoms with van der Waals surface area (Å²) < 4.78 is 62.9. The molecule has 168 valence electrons. The summed E-state index contributed by atoms with van der Waals surface area (Å²) in [6.45, 7) is 0.163. The Morgan fingerprint density at radius 1 is 1.19 bits per heavy atom. The fraction of sp³-hybridized carbons (Fsp3) is 0.318. The Bertz CT molecular complexity index is 1140. The van der Waals surface area contributed by atoms with Crippen LogP contribution in [0.4, 0.5) is 17.6 Å². The predicted molar refractivity (Wildman–Crippen MR) is 107 cm³/mol. The number of carbonyl (C=O) groups is 1. The third kappa shape index (κ3) is 4.64. The average Bonchev–Trinajstić information content (AvgIpc) is 3.14. The molecule has 0 radical (unpaired) electrons. The van der Waals surface area contributed by atoms with Crippen LogP contribution in [0.15, 0.2) is 48.7 Å². The van der Waals surface area contributed by atoms with Crippen LogP contribution in [-0.2, 0) is 10.9 Å². The van der Waals surface area contributed by atoms with Gasteiger partial charge in [0.15, 0.2) is 5.67 Å². The minimum atomic E-state index is -4.47. The van der Waals surface area contributed by atoms with E-state index in [0.29, 0.717) is 22.8 Å². The van der Waals surface area contributed by atoms with Gasteiger partial charge in [-0.3, -0.25) is 4.79 Å². The van der Waals surface area contributed by atoms with E-state index in [9.17, 15) is 22.4 Å². The number of hydrogen-bond acceptors (Lipinski definition) is 5. The van der Waals surface area contributed by atoms with Gasteiger partial charge in [0.2, 0.25) is 5.88 Å². The van der Waals surface area contributed by atoms with E-state index >= 15 is 0 Å². The quantitative estimate of drug-likeness (QED) is 0.531. The van der Waals surface area contributed by atoms with Gasteiger partial charge in [-0.2, -0.15) is 13.2 Å². The van der Waals surface area contributed by atoms with E-state index < -0.39 is 17.4 Å². The molecule has 0 bridgehead atoms. The van der Waals surface area contributed by atoms with Crippen LogP contribution in [0.5, 0.6) is 11.6 Å². The topological polar surface area (TPSA) is 64.5 Å². The minimum Gasteiger partial charge on any atom is -0.439 e. The molecule has 6 nitrogen and oxygen atoms in total. The molecule has 1 unspecified atom stereocenters. The maximum Gasteiger partial charge on any atom is 0.417 e. The van der Waals surface area contributed by atoms with Gasteiger partial charge in [-0.25, -0.2) is 14.4 Å². The first-order chi connectivity index (χ1) is 15.2. The summed E-state index contributed by atoms with van der Waals surface area (Å²) in [5.41, 5.74) is -1.71. The Balaban J connectivity index is 1.48. The number of amides is 1. The molecular weight excluding hydrogens is 430 g/mol. The average molecular weight is 449 g/mol. The zero-order chi connectivity index (χ0) is 22.9. The molecule has 2 aromatic heterocycles. The first kappa shape index (κ1) is 21.9. The number of nitrogens with zero attached hydrogens (tertiary/aromatic N) is 3. The number of fused-ring (bicyclic) bond motifs is 1. The predicted octanol–water partition coefficient (Wildman–Crippen LogP) is 4.64. The van der Waals surface area contributed by atoms with Crippen LogP contribution in [0.25, 0.3) is 10.9 Å². The van der Waals surface area contributed by atoms with Gasteiger partial charge in [-0.05, 0) is 30.3 Å². The molecule has 1 aliphatic heterocycles. The molecule has 3 aromatic rings. The van der Waals surface area contributed by atoms with Crippen LogP contribution in [0.3, 0.4) is 0 Å². The monoisotopic (exact) mass is 449 g/mol.